The summed E-state index contributed by atoms with van der Waals surface area (Å²) in [7, 11) is 0. The first-order chi connectivity index (χ1) is 8.27. The average Bonchev–Trinajstić information content (AvgIpc) is 2.35. The van der Waals surface area contributed by atoms with Crippen molar-refractivity contribution >= 4 is 5.97 Å². The first kappa shape index (κ1) is 13.3. The third kappa shape index (κ3) is 4.71. The van der Waals surface area contributed by atoms with E-state index >= 15 is 0 Å². The molecule has 0 radical (unpaired) electrons. The maximum absolute atomic E-state index is 11.1. The van der Waals surface area contributed by atoms with Crippen LogP contribution in [0.25, 0.3) is 0 Å². The molecule has 1 N–H and O–H groups in total. The van der Waals surface area contributed by atoms with Gasteiger partial charge in [0.25, 0.3) is 0 Å². The Kier molecular flexibility index (Phi) is 5.84. The molecule has 0 heterocycles. The molecule has 0 fully saturated rings. The van der Waals surface area contributed by atoms with Crippen molar-refractivity contribution in [3.05, 3.63) is 35.4 Å². The Morgan fingerprint density at radius 3 is 2.88 bits per heavy atom. The number of carbonyl (C=O) groups is 1. The first-order valence-corrected chi connectivity index (χ1v) is 5.65. The van der Waals surface area contributed by atoms with E-state index < -0.39 is 5.97 Å². The molecule has 0 unspecified atom stereocenters. The summed E-state index contributed by atoms with van der Waals surface area (Å²) in [5.74, 6) is 4.73. The van der Waals surface area contributed by atoms with Crippen LogP contribution in [0, 0.1) is 11.8 Å². The van der Waals surface area contributed by atoms with Crippen molar-refractivity contribution < 1.29 is 14.6 Å². The van der Waals surface area contributed by atoms with E-state index in [0.717, 1.165) is 17.5 Å². The van der Waals surface area contributed by atoms with Crippen LogP contribution in [0.5, 0.6) is 0 Å². The molecule has 1 aromatic carbocycles. The number of aliphatic hydroxyl groups excluding tert-OH is 1. The normalized spacial score (nSPS) is 9.29. The lowest BCUT2D eigenvalue weighted by molar-refractivity contribution is -0.136. The lowest BCUT2D eigenvalue weighted by Crippen LogP contribution is -2.00. The monoisotopic (exact) mass is 232 g/mol. The standard InChI is InChI=1S/C14H16O3/c1-2-17-14(16)10-9-13-7-4-3-6-12(13)8-5-11-15/h3-4,6-7,15H,2,5,8,11H2,1H3. The second-order valence-electron chi connectivity index (χ2n) is 3.45. The smallest absolute Gasteiger partial charge is 0.384 e. The first-order valence-electron chi connectivity index (χ1n) is 5.65. The second-order valence-corrected chi connectivity index (χ2v) is 3.45. The van der Waals surface area contributed by atoms with E-state index in [1.807, 2.05) is 24.3 Å². The highest BCUT2D eigenvalue weighted by molar-refractivity contribution is 5.89. The summed E-state index contributed by atoms with van der Waals surface area (Å²) in [6.45, 7) is 2.23. The van der Waals surface area contributed by atoms with Gasteiger partial charge in [-0.25, -0.2) is 4.79 Å². The Hall–Kier alpha value is -1.79. The summed E-state index contributed by atoms with van der Waals surface area (Å²) in [4.78, 5) is 11.1. The molecule has 0 saturated heterocycles. The van der Waals surface area contributed by atoms with Crippen LogP contribution in [0.15, 0.2) is 24.3 Å². The molecule has 0 aliphatic rings. The van der Waals surface area contributed by atoms with E-state index in [1.54, 1.807) is 6.92 Å². The summed E-state index contributed by atoms with van der Waals surface area (Å²) in [6.07, 6.45) is 1.45. The molecule has 1 rings (SSSR count). The Bertz CT molecular complexity index is 427. The van der Waals surface area contributed by atoms with Crippen LogP contribution in [-0.4, -0.2) is 24.3 Å². The summed E-state index contributed by atoms with van der Waals surface area (Å²) in [6, 6.07) is 7.60. The second kappa shape index (κ2) is 7.48. The number of benzene rings is 1. The largest absolute Gasteiger partial charge is 0.456 e. The molecule has 0 aliphatic heterocycles. The van der Waals surface area contributed by atoms with Crippen LogP contribution in [0.1, 0.15) is 24.5 Å². The molecular weight excluding hydrogens is 216 g/mol. The van der Waals surface area contributed by atoms with Crippen molar-refractivity contribution in [1.82, 2.24) is 0 Å². The Morgan fingerprint density at radius 2 is 2.18 bits per heavy atom. The van der Waals surface area contributed by atoms with Gasteiger partial charge in [0.15, 0.2) is 0 Å². The zero-order valence-corrected chi connectivity index (χ0v) is 9.90. The SMILES string of the molecule is CCOC(=O)C#Cc1ccccc1CCCO. The lowest BCUT2D eigenvalue weighted by Gasteiger charge is -2.02. The van der Waals surface area contributed by atoms with E-state index in [0.29, 0.717) is 13.0 Å². The Morgan fingerprint density at radius 1 is 1.41 bits per heavy atom. The fourth-order valence-corrected chi connectivity index (χ4v) is 1.42. The number of hydrogen-bond donors (Lipinski definition) is 1. The van der Waals surface area contributed by atoms with Crippen LogP contribution in [0.3, 0.4) is 0 Å². The molecule has 3 nitrogen and oxygen atoms in total. The van der Waals surface area contributed by atoms with Gasteiger partial charge in [0, 0.05) is 18.1 Å². The molecule has 0 saturated carbocycles. The minimum absolute atomic E-state index is 0.152. The minimum Gasteiger partial charge on any atom is -0.456 e. The van der Waals surface area contributed by atoms with Crippen LogP contribution >= 0.6 is 0 Å². The molecule has 0 aliphatic carbocycles. The number of rotatable bonds is 4. The van der Waals surface area contributed by atoms with Crippen molar-refractivity contribution in [2.45, 2.75) is 19.8 Å². The van der Waals surface area contributed by atoms with E-state index in [-0.39, 0.29) is 6.61 Å². The number of carbonyl (C=O) groups excluding carboxylic acids is 1. The third-order valence-electron chi connectivity index (χ3n) is 2.20. The van der Waals surface area contributed by atoms with Crippen LogP contribution in [0.4, 0.5) is 0 Å². The molecule has 0 bridgehead atoms. The zero-order valence-electron chi connectivity index (χ0n) is 9.90. The third-order valence-corrected chi connectivity index (χ3v) is 2.20. The maximum Gasteiger partial charge on any atom is 0.384 e. The summed E-state index contributed by atoms with van der Waals surface area (Å²) in [5, 5.41) is 8.80. The number of esters is 1. The van der Waals surface area contributed by atoms with E-state index in [2.05, 4.69) is 11.8 Å². The van der Waals surface area contributed by atoms with E-state index in [9.17, 15) is 4.79 Å². The van der Waals surface area contributed by atoms with Gasteiger partial charge < -0.3 is 9.84 Å². The van der Waals surface area contributed by atoms with Gasteiger partial charge >= 0.3 is 5.97 Å². The van der Waals surface area contributed by atoms with Gasteiger partial charge in [-0.05, 0) is 31.4 Å². The van der Waals surface area contributed by atoms with Gasteiger partial charge in [0.05, 0.1) is 6.61 Å². The number of hydrogen-bond acceptors (Lipinski definition) is 3. The molecule has 1 aromatic rings. The molecule has 0 atom stereocenters. The van der Waals surface area contributed by atoms with Gasteiger partial charge in [-0.2, -0.15) is 0 Å². The minimum atomic E-state index is -0.510. The molecule has 0 spiro atoms. The number of ether oxygens (including phenoxy) is 1. The van der Waals surface area contributed by atoms with Crippen molar-refractivity contribution in [2.75, 3.05) is 13.2 Å². The fourth-order valence-electron chi connectivity index (χ4n) is 1.42. The predicted molar refractivity (Wildman–Crippen MR) is 65.4 cm³/mol. The van der Waals surface area contributed by atoms with Crippen LogP contribution < -0.4 is 0 Å². The van der Waals surface area contributed by atoms with E-state index in [1.165, 1.54) is 0 Å². The maximum atomic E-state index is 11.1. The summed E-state index contributed by atoms with van der Waals surface area (Å²) >= 11 is 0. The van der Waals surface area contributed by atoms with Gasteiger partial charge in [-0.15, -0.1) is 0 Å². The average molecular weight is 232 g/mol. The van der Waals surface area contributed by atoms with Crippen molar-refractivity contribution in [3.63, 3.8) is 0 Å². The van der Waals surface area contributed by atoms with Crippen molar-refractivity contribution in [3.8, 4) is 11.8 Å². The van der Waals surface area contributed by atoms with Crippen molar-refractivity contribution in [2.24, 2.45) is 0 Å². The Labute approximate surface area is 101 Å². The highest BCUT2D eigenvalue weighted by Gasteiger charge is 1.99. The van der Waals surface area contributed by atoms with Gasteiger partial charge in [-0.1, -0.05) is 24.1 Å². The molecule has 17 heavy (non-hydrogen) atoms. The van der Waals surface area contributed by atoms with Crippen LogP contribution in [-0.2, 0) is 16.0 Å². The van der Waals surface area contributed by atoms with E-state index in [4.69, 9.17) is 9.84 Å². The number of aryl methyl sites for hydroxylation is 1. The lowest BCUT2D eigenvalue weighted by atomic mass is 10.0. The molecule has 3 heteroatoms. The topological polar surface area (TPSA) is 46.5 Å². The molecular formula is C14H16O3. The molecule has 90 valence electrons. The summed E-state index contributed by atoms with van der Waals surface area (Å²) in [5.41, 5.74) is 1.85. The van der Waals surface area contributed by atoms with Gasteiger partial charge in [-0.3, -0.25) is 0 Å². The zero-order chi connectivity index (χ0) is 12.5. The Balaban J connectivity index is 2.78. The van der Waals surface area contributed by atoms with Crippen molar-refractivity contribution in [1.29, 1.82) is 0 Å². The molecule has 0 aromatic heterocycles. The van der Waals surface area contributed by atoms with Crippen LogP contribution in [0.2, 0.25) is 0 Å². The fraction of sp³-hybridized carbons (Fsp3) is 0.357. The highest BCUT2D eigenvalue weighted by Crippen LogP contribution is 2.09. The number of aliphatic hydroxyl groups is 1. The quantitative estimate of drug-likeness (QED) is 0.632. The highest BCUT2D eigenvalue weighted by atomic mass is 16.5. The van der Waals surface area contributed by atoms with Gasteiger partial charge in [0.2, 0.25) is 0 Å². The summed E-state index contributed by atoms with van der Waals surface area (Å²) < 4.78 is 4.73. The predicted octanol–water partition coefficient (Wildman–Crippen LogP) is 1.53. The van der Waals surface area contributed by atoms with Gasteiger partial charge in [0.1, 0.15) is 0 Å². The molecule has 0 amide bonds.